The molecule has 0 unspecified atom stereocenters. The number of fused-ring (bicyclic) bond motifs is 1. The molecule has 1 heterocycles. The van der Waals surface area contributed by atoms with Crippen LogP contribution in [0, 0.1) is 12.7 Å². The number of rotatable bonds is 7. The van der Waals surface area contributed by atoms with Crippen LogP contribution < -0.4 is 20.1 Å². The molecular weight excluding hydrogens is 447 g/mol. The van der Waals surface area contributed by atoms with Crippen LogP contribution in [-0.2, 0) is 0 Å². The molecule has 0 saturated carbocycles. The molecule has 4 rings (SSSR count). The third-order valence-corrected chi connectivity index (χ3v) is 5.74. The van der Waals surface area contributed by atoms with Crippen LogP contribution in [0.25, 0.3) is 10.9 Å². The minimum atomic E-state index is -0.435. The number of halogens is 1. The summed E-state index contributed by atoms with van der Waals surface area (Å²) < 4.78 is 24.9. The Kier molecular flexibility index (Phi) is 6.82. The monoisotopic (exact) mass is 474 g/mol. The second-order valence-corrected chi connectivity index (χ2v) is 8.48. The smallest absolute Gasteiger partial charge is 0.255 e. The van der Waals surface area contributed by atoms with E-state index in [1.165, 1.54) is 18.5 Å². The van der Waals surface area contributed by atoms with Crippen molar-refractivity contribution in [3.63, 3.8) is 0 Å². The summed E-state index contributed by atoms with van der Waals surface area (Å²) in [5.74, 6) is 0.999. The Morgan fingerprint density at radius 3 is 2.43 bits per heavy atom. The van der Waals surface area contributed by atoms with Crippen molar-refractivity contribution in [1.29, 1.82) is 0 Å². The molecule has 0 saturated heterocycles. The van der Waals surface area contributed by atoms with Gasteiger partial charge in [-0.15, -0.1) is 0 Å². The number of carbonyl (C=O) groups is 1. The number of methoxy groups -OCH3 is 2. The molecule has 0 radical (unpaired) electrons. The fraction of sp³-hybridized carbons (Fsp3) is 0.222. The van der Waals surface area contributed by atoms with Gasteiger partial charge in [0.25, 0.3) is 5.91 Å². The number of amides is 1. The van der Waals surface area contributed by atoms with Gasteiger partial charge in [0.15, 0.2) is 11.5 Å². The van der Waals surface area contributed by atoms with Crippen molar-refractivity contribution in [2.45, 2.75) is 26.7 Å². The zero-order valence-corrected chi connectivity index (χ0v) is 20.3. The van der Waals surface area contributed by atoms with Crippen LogP contribution in [0.2, 0.25) is 0 Å². The van der Waals surface area contributed by atoms with Crippen molar-refractivity contribution < 1.29 is 18.7 Å². The van der Waals surface area contributed by atoms with E-state index in [1.807, 2.05) is 39.0 Å². The summed E-state index contributed by atoms with van der Waals surface area (Å²) in [7, 11) is 3.14. The fourth-order valence-corrected chi connectivity index (χ4v) is 3.72. The maximum absolute atomic E-state index is 14.1. The third-order valence-electron chi connectivity index (χ3n) is 5.74. The number of benzene rings is 3. The molecule has 0 bridgehead atoms. The van der Waals surface area contributed by atoms with Gasteiger partial charge in [0.2, 0.25) is 0 Å². The van der Waals surface area contributed by atoms with E-state index in [1.54, 1.807) is 32.4 Å². The highest BCUT2D eigenvalue weighted by molar-refractivity contribution is 6.04. The number of anilines is 3. The Morgan fingerprint density at radius 1 is 0.971 bits per heavy atom. The number of nitrogens with zero attached hydrogens (tertiary/aromatic N) is 2. The first kappa shape index (κ1) is 23.9. The first-order chi connectivity index (χ1) is 16.8. The van der Waals surface area contributed by atoms with E-state index in [-0.39, 0.29) is 17.4 Å². The maximum Gasteiger partial charge on any atom is 0.255 e. The van der Waals surface area contributed by atoms with Crippen LogP contribution in [0.3, 0.4) is 0 Å². The predicted octanol–water partition coefficient (Wildman–Crippen LogP) is 6.21. The lowest BCUT2D eigenvalue weighted by molar-refractivity contribution is 0.102. The number of aromatic nitrogens is 2. The van der Waals surface area contributed by atoms with Crippen molar-refractivity contribution in [3.05, 3.63) is 77.4 Å². The Balaban J connectivity index is 1.64. The standard InChI is InChI=1S/C27H27FN4O3/c1-15(2)17-8-18(10-19(28)9-17)27(33)31-20-7-6-16(3)22(11-20)32-26-21-12-24(34-4)25(35-5)13-23(21)29-14-30-26/h6-15H,1-5H3,(H,31,33)(H,29,30,32). The van der Waals surface area contributed by atoms with Crippen molar-refractivity contribution in [3.8, 4) is 11.5 Å². The van der Waals surface area contributed by atoms with Crippen LogP contribution in [-0.4, -0.2) is 30.1 Å². The molecule has 35 heavy (non-hydrogen) atoms. The topological polar surface area (TPSA) is 85.4 Å². The number of hydrogen-bond acceptors (Lipinski definition) is 6. The molecule has 0 fully saturated rings. The van der Waals surface area contributed by atoms with Crippen molar-refractivity contribution in [1.82, 2.24) is 9.97 Å². The Labute approximate surface area is 203 Å². The Hall–Kier alpha value is -4.20. The summed E-state index contributed by atoms with van der Waals surface area (Å²) in [6.45, 7) is 5.86. The zero-order chi connectivity index (χ0) is 25.1. The highest BCUT2D eigenvalue weighted by Crippen LogP contribution is 2.35. The molecule has 1 amide bonds. The molecular formula is C27H27FN4O3. The lowest BCUT2D eigenvalue weighted by atomic mass is 10.0. The van der Waals surface area contributed by atoms with Gasteiger partial charge in [0.1, 0.15) is 18.0 Å². The highest BCUT2D eigenvalue weighted by Gasteiger charge is 2.14. The van der Waals surface area contributed by atoms with Gasteiger partial charge in [-0.2, -0.15) is 0 Å². The summed E-state index contributed by atoms with van der Waals surface area (Å²) in [5.41, 5.74) is 3.99. The molecule has 2 N–H and O–H groups in total. The van der Waals surface area contributed by atoms with Gasteiger partial charge in [-0.25, -0.2) is 14.4 Å². The molecule has 7 nitrogen and oxygen atoms in total. The summed E-state index contributed by atoms with van der Waals surface area (Å²) in [6, 6.07) is 13.5. The lowest BCUT2D eigenvalue weighted by Gasteiger charge is -2.15. The van der Waals surface area contributed by atoms with E-state index in [9.17, 15) is 9.18 Å². The van der Waals surface area contributed by atoms with E-state index in [0.717, 1.165) is 22.2 Å². The number of nitrogens with one attached hydrogen (secondary N) is 2. The summed E-state index contributed by atoms with van der Waals surface area (Å²) in [4.78, 5) is 21.6. The quantitative estimate of drug-likeness (QED) is 0.331. The molecule has 1 aromatic heterocycles. The summed E-state index contributed by atoms with van der Waals surface area (Å²) in [5, 5.41) is 6.94. The first-order valence-corrected chi connectivity index (χ1v) is 11.1. The molecule has 0 aliphatic rings. The maximum atomic E-state index is 14.1. The van der Waals surface area contributed by atoms with E-state index < -0.39 is 5.82 Å². The molecule has 0 aliphatic heterocycles. The Morgan fingerprint density at radius 2 is 1.71 bits per heavy atom. The van der Waals surface area contributed by atoms with Crippen molar-refractivity contribution in [2.24, 2.45) is 0 Å². The number of aryl methyl sites for hydroxylation is 1. The van der Waals surface area contributed by atoms with Gasteiger partial charge in [0.05, 0.1) is 19.7 Å². The minimum absolute atomic E-state index is 0.105. The van der Waals surface area contributed by atoms with Gasteiger partial charge in [-0.05, 0) is 60.4 Å². The largest absolute Gasteiger partial charge is 0.493 e. The highest BCUT2D eigenvalue weighted by atomic mass is 19.1. The molecule has 0 spiro atoms. The molecule has 0 aliphatic carbocycles. The zero-order valence-electron chi connectivity index (χ0n) is 20.3. The molecule has 180 valence electrons. The second kappa shape index (κ2) is 9.97. The lowest BCUT2D eigenvalue weighted by Crippen LogP contribution is -2.13. The molecule has 3 aromatic carbocycles. The second-order valence-electron chi connectivity index (χ2n) is 8.48. The minimum Gasteiger partial charge on any atom is -0.493 e. The van der Waals surface area contributed by atoms with E-state index in [4.69, 9.17) is 9.47 Å². The number of hydrogen-bond donors (Lipinski definition) is 2. The SMILES string of the molecule is COc1cc2ncnc(Nc3cc(NC(=O)c4cc(F)cc(C(C)C)c4)ccc3C)c2cc1OC. The van der Waals surface area contributed by atoms with E-state index in [0.29, 0.717) is 28.5 Å². The van der Waals surface area contributed by atoms with Crippen LogP contribution >= 0.6 is 0 Å². The number of ether oxygens (including phenoxy) is 2. The van der Waals surface area contributed by atoms with Crippen LogP contribution in [0.5, 0.6) is 11.5 Å². The van der Waals surface area contributed by atoms with E-state index >= 15 is 0 Å². The molecule has 0 atom stereocenters. The Bertz CT molecular complexity index is 1410. The fourth-order valence-electron chi connectivity index (χ4n) is 3.72. The van der Waals surface area contributed by atoms with Crippen molar-refractivity contribution >= 4 is 34.0 Å². The first-order valence-electron chi connectivity index (χ1n) is 11.1. The van der Waals surface area contributed by atoms with Gasteiger partial charge >= 0.3 is 0 Å². The van der Waals surface area contributed by atoms with Gasteiger partial charge in [-0.3, -0.25) is 4.79 Å². The summed E-state index contributed by atoms with van der Waals surface area (Å²) in [6.07, 6.45) is 1.47. The van der Waals surface area contributed by atoms with Crippen molar-refractivity contribution in [2.75, 3.05) is 24.9 Å². The molecule has 8 heteroatoms. The van der Waals surface area contributed by atoms with Gasteiger partial charge < -0.3 is 20.1 Å². The van der Waals surface area contributed by atoms with Gasteiger partial charge in [-0.1, -0.05) is 19.9 Å². The summed E-state index contributed by atoms with van der Waals surface area (Å²) >= 11 is 0. The number of carbonyl (C=O) groups excluding carboxylic acids is 1. The average Bonchev–Trinajstić information content (AvgIpc) is 2.84. The van der Waals surface area contributed by atoms with Crippen LogP contribution in [0.1, 0.15) is 41.3 Å². The van der Waals surface area contributed by atoms with Crippen LogP contribution in [0.4, 0.5) is 21.6 Å². The van der Waals surface area contributed by atoms with E-state index in [2.05, 4.69) is 20.6 Å². The average molecular weight is 475 g/mol. The normalized spacial score (nSPS) is 10.9. The van der Waals surface area contributed by atoms with Crippen LogP contribution in [0.15, 0.2) is 54.9 Å². The predicted molar refractivity (Wildman–Crippen MR) is 136 cm³/mol. The molecule has 4 aromatic rings. The third kappa shape index (κ3) is 5.16. The van der Waals surface area contributed by atoms with Gasteiger partial charge in [0, 0.05) is 28.4 Å².